The van der Waals surface area contributed by atoms with Crippen LogP contribution >= 0.6 is 0 Å². The van der Waals surface area contributed by atoms with Crippen molar-refractivity contribution in [3.8, 4) is 0 Å². The molecule has 0 radical (unpaired) electrons. The molecule has 0 amide bonds. The lowest BCUT2D eigenvalue weighted by Crippen LogP contribution is -2.03. The molecule has 1 heteroatoms. The first-order chi connectivity index (χ1) is 12.0. The van der Waals surface area contributed by atoms with Gasteiger partial charge in [0, 0.05) is 5.56 Å². The highest BCUT2D eigenvalue weighted by Crippen LogP contribution is 2.06. The quantitative estimate of drug-likeness (QED) is 0.525. The van der Waals surface area contributed by atoms with E-state index in [4.69, 9.17) is 0 Å². The zero-order chi connectivity index (χ0) is 18.7. The Kier molecular flexibility index (Phi) is 8.39. The van der Waals surface area contributed by atoms with Crippen LogP contribution in [0.4, 0.5) is 0 Å². The molecule has 0 spiro atoms. The van der Waals surface area contributed by atoms with Gasteiger partial charge in [-0.25, -0.2) is 4.99 Å². The summed E-state index contributed by atoms with van der Waals surface area (Å²) in [6.07, 6.45) is 9.23. The average Bonchev–Trinajstić information content (AvgIpc) is 2.58. The smallest absolute Gasteiger partial charge is 0.0709 e. The molecule has 0 aliphatic heterocycles. The molecule has 0 fully saturated rings. The van der Waals surface area contributed by atoms with Gasteiger partial charge in [-0.1, -0.05) is 87.5 Å². The summed E-state index contributed by atoms with van der Waals surface area (Å²) in [5, 5.41) is 1.77. The Morgan fingerprint density at radius 3 is 2.24 bits per heavy atom. The van der Waals surface area contributed by atoms with Crippen molar-refractivity contribution in [2.75, 3.05) is 0 Å². The maximum atomic E-state index is 4.62. The van der Waals surface area contributed by atoms with Crippen molar-refractivity contribution in [2.24, 2.45) is 4.99 Å². The third kappa shape index (κ3) is 7.76. The summed E-state index contributed by atoms with van der Waals surface area (Å²) < 4.78 is 0. The van der Waals surface area contributed by atoms with Crippen molar-refractivity contribution >= 4 is 18.9 Å². The zero-order valence-electron chi connectivity index (χ0n) is 14.9. The van der Waals surface area contributed by atoms with Crippen LogP contribution in [0.3, 0.4) is 0 Å². The van der Waals surface area contributed by atoms with Crippen LogP contribution < -0.4 is 10.4 Å². The molecule has 0 saturated carbocycles. The molecule has 0 aliphatic rings. The maximum absolute atomic E-state index is 4.62. The minimum atomic E-state index is 0.664. The first-order valence-corrected chi connectivity index (χ1v) is 7.98. The van der Waals surface area contributed by atoms with E-state index in [0.717, 1.165) is 27.3 Å². The molecule has 1 aromatic carbocycles. The van der Waals surface area contributed by atoms with Gasteiger partial charge in [0.25, 0.3) is 0 Å². The van der Waals surface area contributed by atoms with E-state index in [1.54, 1.807) is 6.08 Å². The van der Waals surface area contributed by atoms with Crippen LogP contribution in [0.5, 0.6) is 0 Å². The Labute approximate surface area is 151 Å². The predicted octanol–water partition coefficient (Wildman–Crippen LogP) is 4.81. The van der Waals surface area contributed by atoms with Gasteiger partial charge in [-0.05, 0) is 41.2 Å². The molecule has 0 atom stereocenters. The molecule has 0 heterocycles. The highest BCUT2D eigenvalue weighted by atomic mass is 14.7. The standard InChI is InChI=1S/C24H25N/c1-7-11-22(6)25-24(17-15-19(3)8-2)23-16-14-20(4)12-9-10-13-21(5)18-23/h7-18H,2-6H2,1H3/b11-7-,12-9?,13-10?,16-14?,17-15-,23-18?,25-24?. The highest BCUT2D eigenvalue weighted by molar-refractivity contribution is 6.09. The Balaban J connectivity index is 3.65. The van der Waals surface area contributed by atoms with Crippen molar-refractivity contribution < 1.29 is 0 Å². The molecular weight excluding hydrogens is 302 g/mol. The fourth-order valence-corrected chi connectivity index (χ4v) is 1.90. The first kappa shape index (κ1) is 19.9. The van der Waals surface area contributed by atoms with Crippen LogP contribution in [-0.4, -0.2) is 5.71 Å². The van der Waals surface area contributed by atoms with Crippen molar-refractivity contribution in [3.63, 3.8) is 0 Å². The molecule has 0 bridgehead atoms. The number of aliphatic imine (C=N–C) groups is 1. The van der Waals surface area contributed by atoms with E-state index in [1.165, 1.54) is 0 Å². The Morgan fingerprint density at radius 2 is 1.60 bits per heavy atom. The van der Waals surface area contributed by atoms with Gasteiger partial charge in [0.05, 0.1) is 11.4 Å². The van der Waals surface area contributed by atoms with Crippen molar-refractivity contribution in [1.29, 1.82) is 0 Å². The van der Waals surface area contributed by atoms with E-state index >= 15 is 0 Å². The summed E-state index contributed by atoms with van der Waals surface area (Å²) in [5.74, 6) is 0. The average molecular weight is 327 g/mol. The highest BCUT2D eigenvalue weighted by Gasteiger charge is 1.99. The minimum Gasteiger partial charge on any atom is -0.249 e. The van der Waals surface area contributed by atoms with Crippen LogP contribution in [0.25, 0.3) is 13.2 Å². The molecule has 0 saturated heterocycles. The molecule has 25 heavy (non-hydrogen) atoms. The Bertz CT molecular complexity index is 894. The van der Waals surface area contributed by atoms with E-state index in [0.29, 0.717) is 5.70 Å². The monoisotopic (exact) mass is 327 g/mol. The first-order valence-electron chi connectivity index (χ1n) is 7.98. The van der Waals surface area contributed by atoms with Gasteiger partial charge in [-0.15, -0.1) is 0 Å². The second kappa shape index (κ2) is 10.6. The van der Waals surface area contributed by atoms with Crippen molar-refractivity contribution in [3.05, 3.63) is 120 Å². The molecule has 0 N–H and O–H groups in total. The third-order valence-corrected chi connectivity index (χ3v) is 3.19. The SMILES string of the molecule is C=CC(=C)/C=C\C(=NC(=C)/C=C\C)c1ccc(=C)ccccc(=C)c1. The van der Waals surface area contributed by atoms with Crippen LogP contribution in [0.15, 0.2) is 109 Å². The Morgan fingerprint density at radius 1 is 0.920 bits per heavy atom. The zero-order valence-corrected chi connectivity index (χ0v) is 14.9. The maximum Gasteiger partial charge on any atom is 0.0709 e. The van der Waals surface area contributed by atoms with E-state index in [9.17, 15) is 0 Å². The molecule has 1 nitrogen and oxygen atoms in total. The van der Waals surface area contributed by atoms with Crippen LogP contribution in [-0.2, 0) is 0 Å². The van der Waals surface area contributed by atoms with Crippen LogP contribution in [0, 0.1) is 0 Å². The number of nitrogens with zero attached hydrogens (tertiary/aromatic N) is 1. The number of hydrogen-bond acceptors (Lipinski definition) is 1. The van der Waals surface area contributed by atoms with E-state index < -0.39 is 0 Å². The van der Waals surface area contributed by atoms with E-state index in [1.807, 2.05) is 73.7 Å². The van der Waals surface area contributed by atoms with Gasteiger partial charge in [-0.2, -0.15) is 0 Å². The fraction of sp³-hybridized carbons (Fsp3) is 0.0417. The normalized spacial score (nSPS) is 11.3. The second-order valence-electron chi connectivity index (χ2n) is 5.40. The molecule has 1 aromatic rings. The van der Waals surface area contributed by atoms with Gasteiger partial charge in [0.15, 0.2) is 0 Å². The third-order valence-electron chi connectivity index (χ3n) is 3.19. The van der Waals surface area contributed by atoms with E-state index in [-0.39, 0.29) is 0 Å². The molecule has 0 aliphatic carbocycles. The van der Waals surface area contributed by atoms with Gasteiger partial charge >= 0.3 is 0 Å². The summed E-state index contributed by atoms with van der Waals surface area (Å²) in [4.78, 5) is 4.62. The predicted molar refractivity (Wildman–Crippen MR) is 113 cm³/mol. The van der Waals surface area contributed by atoms with Gasteiger partial charge in [-0.3, -0.25) is 0 Å². The molecule has 126 valence electrons. The molecule has 0 unspecified atom stereocenters. The van der Waals surface area contributed by atoms with Crippen LogP contribution in [0.1, 0.15) is 12.5 Å². The molecule has 0 aromatic heterocycles. The second-order valence-corrected chi connectivity index (χ2v) is 5.40. The Hall–Kier alpha value is -3.19. The van der Waals surface area contributed by atoms with Crippen LogP contribution in [0.2, 0.25) is 0 Å². The molecular formula is C24H25N. The number of hydrogen-bond donors (Lipinski definition) is 0. The van der Waals surface area contributed by atoms with Gasteiger partial charge in [0.1, 0.15) is 0 Å². The lowest BCUT2D eigenvalue weighted by Gasteiger charge is -2.02. The van der Waals surface area contributed by atoms with Gasteiger partial charge in [0.2, 0.25) is 0 Å². The molecule has 1 rings (SSSR count). The van der Waals surface area contributed by atoms with Crippen molar-refractivity contribution in [2.45, 2.75) is 6.92 Å². The summed E-state index contributed by atoms with van der Waals surface area (Å²) >= 11 is 0. The number of allylic oxidation sites excluding steroid dienone is 6. The number of rotatable bonds is 6. The topological polar surface area (TPSA) is 12.4 Å². The summed E-state index contributed by atoms with van der Waals surface area (Å²) in [6, 6.07) is 13.6. The largest absolute Gasteiger partial charge is 0.249 e. The summed E-state index contributed by atoms with van der Waals surface area (Å²) in [5.41, 5.74) is 3.14. The lowest BCUT2D eigenvalue weighted by molar-refractivity contribution is 1.41. The van der Waals surface area contributed by atoms with Crippen molar-refractivity contribution in [1.82, 2.24) is 0 Å². The van der Waals surface area contributed by atoms with E-state index in [2.05, 4.69) is 37.9 Å². The minimum absolute atomic E-state index is 0.664. The fourth-order valence-electron chi connectivity index (χ4n) is 1.90. The summed E-state index contributed by atoms with van der Waals surface area (Å²) in [7, 11) is 0. The van der Waals surface area contributed by atoms with Gasteiger partial charge < -0.3 is 0 Å². The lowest BCUT2D eigenvalue weighted by atomic mass is 10.1. The summed E-state index contributed by atoms with van der Waals surface area (Å²) in [6.45, 7) is 21.6.